The van der Waals surface area contributed by atoms with Gasteiger partial charge < -0.3 is 30.4 Å². The third-order valence-corrected chi connectivity index (χ3v) is 5.33. The highest BCUT2D eigenvalue weighted by Crippen LogP contribution is 2.37. The smallest absolute Gasteiger partial charge is 0.426 e. The molecule has 196 valence electrons. The van der Waals surface area contributed by atoms with Gasteiger partial charge in [-0.15, -0.1) is 0 Å². The highest BCUT2D eigenvalue weighted by atomic mass is 19.3. The molecule has 0 unspecified atom stereocenters. The molecule has 0 heterocycles. The first-order chi connectivity index (χ1) is 17.7. The van der Waals surface area contributed by atoms with Crippen molar-refractivity contribution in [2.45, 2.75) is 32.5 Å². The number of ether oxygens (including phenoxy) is 4. The number of nitrogen functional groups attached to an aromatic ring is 2. The number of alkyl halides is 2. The first kappa shape index (κ1) is 27.3. The fourth-order valence-corrected chi connectivity index (χ4v) is 3.25. The Morgan fingerprint density at radius 3 is 2.43 bits per heavy atom. The number of methoxy groups -OCH3 is 1. The summed E-state index contributed by atoms with van der Waals surface area (Å²) in [7, 11) is 1.39. The molecule has 9 heteroatoms. The summed E-state index contributed by atoms with van der Waals surface area (Å²) in [6, 6.07) is 14.7. The number of anilines is 2. The highest BCUT2D eigenvalue weighted by molar-refractivity contribution is 5.87. The van der Waals surface area contributed by atoms with Gasteiger partial charge in [0.1, 0.15) is 12.4 Å². The number of hydrogen-bond donors (Lipinski definition) is 2. The van der Waals surface area contributed by atoms with Crippen LogP contribution >= 0.6 is 0 Å². The summed E-state index contributed by atoms with van der Waals surface area (Å²) in [5.74, 6) is -0.0459. The Bertz CT molecular complexity index is 1230. The van der Waals surface area contributed by atoms with Crippen LogP contribution in [0.1, 0.15) is 36.5 Å². The summed E-state index contributed by atoms with van der Waals surface area (Å²) in [6.45, 7) is 2.49. The van der Waals surface area contributed by atoms with Crippen molar-refractivity contribution >= 4 is 23.4 Å². The average Bonchev–Trinajstić information content (AvgIpc) is 2.87. The van der Waals surface area contributed by atoms with E-state index < -0.39 is 12.1 Å². The Hall–Kier alpha value is -4.27. The SMILES string of the molecule is CCCCOc1ccc(C(F)(F)Oc2ccc(/C=C/C(=O)OCc3ccc(N)cc3N)cc2)cc1OC. The van der Waals surface area contributed by atoms with Crippen LogP contribution in [0.25, 0.3) is 6.08 Å². The predicted octanol–water partition coefficient (Wildman–Crippen LogP) is 5.92. The monoisotopic (exact) mass is 512 g/mol. The Kier molecular flexibility index (Phi) is 9.32. The number of nitrogens with two attached hydrogens (primary N) is 2. The quantitative estimate of drug-likeness (QED) is 0.134. The van der Waals surface area contributed by atoms with E-state index in [1.807, 2.05) is 6.92 Å². The normalized spacial score (nSPS) is 11.4. The number of unbranched alkanes of at least 4 members (excludes halogenated alkanes) is 1. The second-order valence-electron chi connectivity index (χ2n) is 8.15. The molecule has 0 atom stereocenters. The molecular formula is C28H30F2N2O5. The Balaban J connectivity index is 1.58. The standard InChI is InChI=1S/C28H30F2N2O5/c1-3-4-15-35-25-13-9-21(16-26(25)34-2)28(29,30)37-23-11-5-19(6-12-23)7-14-27(33)36-18-20-8-10-22(31)17-24(20)32/h5-14,16-17H,3-4,15,18,31-32H2,1-2H3/b14-7+. The molecule has 0 aliphatic rings. The van der Waals surface area contributed by atoms with Crippen molar-refractivity contribution in [3.63, 3.8) is 0 Å². The largest absolute Gasteiger partial charge is 0.493 e. The molecule has 0 saturated heterocycles. The van der Waals surface area contributed by atoms with Crippen LogP contribution in [-0.2, 0) is 22.2 Å². The molecule has 0 spiro atoms. The molecule has 3 aromatic carbocycles. The molecular weight excluding hydrogens is 482 g/mol. The second kappa shape index (κ2) is 12.6. The predicted molar refractivity (Wildman–Crippen MR) is 138 cm³/mol. The summed E-state index contributed by atoms with van der Waals surface area (Å²) in [6.07, 6.45) is 0.910. The third kappa shape index (κ3) is 7.86. The maximum Gasteiger partial charge on any atom is 0.426 e. The van der Waals surface area contributed by atoms with Gasteiger partial charge in [-0.1, -0.05) is 31.5 Å². The lowest BCUT2D eigenvalue weighted by Crippen LogP contribution is -2.22. The summed E-state index contributed by atoms with van der Waals surface area (Å²) >= 11 is 0. The second-order valence-corrected chi connectivity index (χ2v) is 8.15. The van der Waals surface area contributed by atoms with Gasteiger partial charge in [-0.3, -0.25) is 0 Å². The van der Waals surface area contributed by atoms with Crippen LogP contribution in [0.4, 0.5) is 20.2 Å². The van der Waals surface area contributed by atoms with Crippen LogP contribution in [0.15, 0.2) is 66.7 Å². The van der Waals surface area contributed by atoms with Crippen LogP contribution in [0.2, 0.25) is 0 Å². The molecule has 0 saturated carbocycles. The lowest BCUT2D eigenvalue weighted by atomic mass is 10.1. The first-order valence-electron chi connectivity index (χ1n) is 11.7. The minimum Gasteiger partial charge on any atom is -0.493 e. The van der Waals surface area contributed by atoms with Gasteiger partial charge >= 0.3 is 12.1 Å². The minimum absolute atomic E-state index is 0.00617. The van der Waals surface area contributed by atoms with Crippen molar-refractivity contribution in [2.75, 3.05) is 25.2 Å². The zero-order chi connectivity index (χ0) is 26.8. The summed E-state index contributed by atoms with van der Waals surface area (Å²) in [4.78, 5) is 12.0. The van der Waals surface area contributed by atoms with Crippen LogP contribution in [0.5, 0.6) is 17.2 Å². The van der Waals surface area contributed by atoms with Crippen LogP contribution < -0.4 is 25.7 Å². The van der Waals surface area contributed by atoms with Gasteiger partial charge in [0.2, 0.25) is 0 Å². The van der Waals surface area contributed by atoms with Crippen LogP contribution in [0, 0.1) is 0 Å². The van der Waals surface area contributed by atoms with Crippen molar-refractivity contribution in [2.24, 2.45) is 0 Å². The number of esters is 1. The highest BCUT2D eigenvalue weighted by Gasteiger charge is 2.35. The number of carbonyl (C=O) groups excluding carboxylic acids is 1. The summed E-state index contributed by atoms with van der Waals surface area (Å²) < 4.78 is 50.6. The van der Waals surface area contributed by atoms with E-state index in [1.54, 1.807) is 30.3 Å². The average molecular weight is 513 g/mol. The molecule has 0 aliphatic carbocycles. The third-order valence-electron chi connectivity index (χ3n) is 5.33. The zero-order valence-corrected chi connectivity index (χ0v) is 20.7. The summed E-state index contributed by atoms with van der Waals surface area (Å²) in [5, 5.41) is 0. The van der Waals surface area contributed by atoms with Crippen molar-refractivity contribution in [1.82, 2.24) is 0 Å². The van der Waals surface area contributed by atoms with Crippen molar-refractivity contribution in [3.8, 4) is 17.2 Å². The Morgan fingerprint density at radius 2 is 1.76 bits per heavy atom. The van der Waals surface area contributed by atoms with E-state index in [1.165, 1.54) is 49.6 Å². The van der Waals surface area contributed by atoms with Gasteiger partial charge in [0.05, 0.1) is 19.3 Å². The number of hydrogen-bond acceptors (Lipinski definition) is 7. The van der Waals surface area contributed by atoms with E-state index >= 15 is 0 Å². The van der Waals surface area contributed by atoms with Gasteiger partial charge in [-0.2, -0.15) is 8.78 Å². The molecule has 3 aromatic rings. The van der Waals surface area contributed by atoms with Gasteiger partial charge in [-0.05, 0) is 60.5 Å². The van der Waals surface area contributed by atoms with Crippen molar-refractivity contribution in [1.29, 1.82) is 0 Å². The molecule has 0 fully saturated rings. The van der Waals surface area contributed by atoms with Gasteiger partial charge in [0.25, 0.3) is 0 Å². The fraction of sp³-hybridized carbons (Fsp3) is 0.250. The van der Waals surface area contributed by atoms with E-state index in [9.17, 15) is 13.6 Å². The van der Waals surface area contributed by atoms with Crippen molar-refractivity contribution in [3.05, 3.63) is 83.4 Å². The number of halogens is 2. The molecule has 0 radical (unpaired) electrons. The van der Waals surface area contributed by atoms with Gasteiger partial charge in [0.15, 0.2) is 11.5 Å². The lowest BCUT2D eigenvalue weighted by molar-refractivity contribution is -0.185. The summed E-state index contributed by atoms with van der Waals surface area (Å²) in [5.41, 5.74) is 13.3. The van der Waals surface area contributed by atoms with E-state index in [-0.39, 0.29) is 23.7 Å². The van der Waals surface area contributed by atoms with Crippen molar-refractivity contribution < 1.29 is 32.5 Å². The molecule has 7 nitrogen and oxygen atoms in total. The van der Waals surface area contributed by atoms with E-state index in [0.717, 1.165) is 12.8 Å². The fourth-order valence-electron chi connectivity index (χ4n) is 3.25. The van der Waals surface area contributed by atoms with E-state index in [2.05, 4.69) is 0 Å². The molecule has 0 aromatic heterocycles. The van der Waals surface area contributed by atoms with E-state index in [4.69, 9.17) is 30.4 Å². The minimum atomic E-state index is -3.61. The number of carbonyl (C=O) groups is 1. The first-order valence-corrected chi connectivity index (χ1v) is 11.7. The Morgan fingerprint density at radius 1 is 1.00 bits per heavy atom. The van der Waals surface area contributed by atoms with Crippen LogP contribution in [0.3, 0.4) is 0 Å². The molecule has 37 heavy (non-hydrogen) atoms. The lowest BCUT2D eigenvalue weighted by Gasteiger charge is -2.20. The number of benzene rings is 3. The van der Waals surface area contributed by atoms with Crippen LogP contribution in [-0.4, -0.2) is 19.7 Å². The Labute approximate surface area is 214 Å². The zero-order valence-electron chi connectivity index (χ0n) is 20.7. The van der Waals surface area contributed by atoms with Gasteiger partial charge in [0, 0.05) is 23.0 Å². The van der Waals surface area contributed by atoms with E-state index in [0.29, 0.717) is 34.9 Å². The molecule has 0 amide bonds. The maximum absolute atomic E-state index is 14.8. The number of rotatable bonds is 12. The molecule has 0 aliphatic heterocycles. The molecule has 0 bridgehead atoms. The van der Waals surface area contributed by atoms with Gasteiger partial charge in [-0.25, -0.2) is 4.79 Å². The topological polar surface area (TPSA) is 106 Å². The molecule has 3 rings (SSSR count). The molecule has 4 N–H and O–H groups in total. The maximum atomic E-state index is 14.8.